The van der Waals surface area contributed by atoms with Crippen LogP contribution in [0.25, 0.3) is 0 Å². The van der Waals surface area contributed by atoms with E-state index in [0.29, 0.717) is 12.8 Å². The summed E-state index contributed by atoms with van der Waals surface area (Å²) in [6, 6.07) is 25.8. The van der Waals surface area contributed by atoms with E-state index in [9.17, 15) is 9.59 Å². The van der Waals surface area contributed by atoms with Gasteiger partial charge in [0, 0.05) is 12.8 Å². The van der Waals surface area contributed by atoms with E-state index in [1.165, 1.54) is 45.5 Å². The number of benzene rings is 3. The smallest absolute Gasteiger partial charge is 0.155 e. The van der Waals surface area contributed by atoms with Crippen LogP contribution in [0, 0.1) is 0 Å². The van der Waals surface area contributed by atoms with Gasteiger partial charge in [0.25, 0.3) is 0 Å². The van der Waals surface area contributed by atoms with Crippen LogP contribution in [0.2, 0.25) is 0 Å². The van der Waals surface area contributed by atoms with E-state index in [1.807, 2.05) is 0 Å². The Kier molecular flexibility index (Phi) is 8.51. The van der Waals surface area contributed by atoms with Crippen LogP contribution in [-0.4, -0.2) is 11.6 Å². The van der Waals surface area contributed by atoms with E-state index >= 15 is 0 Å². The van der Waals surface area contributed by atoms with Gasteiger partial charge in [-0.25, -0.2) is 0 Å². The fourth-order valence-electron chi connectivity index (χ4n) is 3.63. The van der Waals surface area contributed by atoms with Crippen LogP contribution in [-0.2, 0) is 35.3 Å². The molecule has 0 N–H and O–H groups in total. The molecule has 2 nitrogen and oxygen atoms in total. The summed E-state index contributed by atoms with van der Waals surface area (Å²) in [5.41, 5.74) is 7.45. The number of hydrogen-bond acceptors (Lipinski definition) is 2. The highest BCUT2D eigenvalue weighted by atomic mass is 16.1. The van der Waals surface area contributed by atoms with Crippen molar-refractivity contribution in [3.05, 3.63) is 131 Å². The average Bonchev–Trinajstić information content (AvgIpc) is 2.84. The molecule has 0 atom stereocenters. The van der Waals surface area contributed by atoms with Crippen molar-refractivity contribution >= 4 is 11.6 Å². The van der Waals surface area contributed by atoms with Gasteiger partial charge in [0.15, 0.2) is 11.6 Å². The summed E-state index contributed by atoms with van der Waals surface area (Å²) in [4.78, 5) is 22.8. The van der Waals surface area contributed by atoms with Gasteiger partial charge < -0.3 is 0 Å². The first-order valence-corrected chi connectivity index (χ1v) is 11.1. The Balaban J connectivity index is 1.51. The zero-order chi connectivity index (χ0) is 22.8. The molecule has 2 heteroatoms. The maximum absolute atomic E-state index is 11.4. The Morgan fingerprint density at radius 1 is 0.500 bits per heavy atom. The molecule has 0 unspecified atom stereocenters. The van der Waals surface area contributed by atoms with Crippen molar-refractivity contribution in [1.82, 2.24) is 0 Å². The highest BCUT2D eigenvalue weighted by Gasteiger charge is 2.03. The Hall–Kier alpha value is -3.52. The predicted molar refractivity (Wildman–Crippen MR) is 132 cm³/mol. The SMILES string of the molecule is C=CC(=O)CCc1ccc(Cc2ccc(Cc3ccc(CCC(=O)C=C)cc3)cc2)cc1. The molecule has 0 radical (unpaired) electrons. The molecule has 0 aromatic heterocycles. The van der Waals surface area contributed by atoms with Crippen molar-refractivity contribution in [3.63, 3.8) is 0 Å². The van der Waals surface area contributed by atoms with Gasteiger partial charge in [-0.3, -0.25) is 9.59 Å². The molecule has 0 aliphatic carbocycles. The van der Waals surface area contributed by atoms with Crippen molar-refractivity contribution in [2.75, 3.05) is 0 Å². The van der Waals surface area contributed by atoms with E-state index in [4.69, 9.17) is 0 Å². The molecule has 0 saturated heterocycles. The highest BCUT2D eigenvalue weighted by Crippen LogP contribution is 2.16. The number of hydrogen-bond donors (Lipinski definition) is 0. The van der Waals surface area contributed by atoms with Gasteiger partial charge in [-0.1, -0.05) is 86.0 Å². The van der Waals surface area contributed by atoms with Crippen LogP contribution in [0.1, 0.15) is 46.2 Å². The van der Waals surface area contributed by atoms with Crippen molar-refractivity contribution in [3.8, 4) is 0 Å². The third-order valence-corrected chi connectivity index (χ3v) is 5.66. The molecule has 162 valence electrons. The van der Waals surface area contributed by atoms with Gasteiger partial charge in [-0.05, 0) is 71.2 Å². The van der Waals surface area contributed by atoms with Gasteiger partial charge in [0.2, 0.25) is 0 Å². The second kappa shape index (κ2) is 11.8. The van der Waals surface area contributed by atoms with Gasteiger partial charge in [0.05, 0.1) is 0 Å². The molecule has 0 aliphatic rings. The largest absolute Gasteiger partial charge is 0.295 e. The molecule has 0 amide bonds. The quantitative estimate of drug-likeness (QED) is 0.324. The first kappa shape index (κ1) is 23.1. The van der Waals surface area contributed by atoms with E-state index in [1.54, 1.807) is 0 Å². The Morgan fingerprint density at radius 3 is 1.00 bits per heavy atom. The molecular formula is C30H30O2. The molecular weight excluding hydrogens is 392 g/mol. The molecule has 3 aromatic rings. The molecule has 32 heavy (non-hydrogen) atoms. The van der Waals surface area contributed by atoms with Gasteiger partial charge >= 0.3 is 0 Å². The highest BCUT2D eigenvalue weighted by molar-refractivity contribution is 5.89. The van der Waals surface area contributed by atoms with Crippen LogP contribution in [0.4, 0.5) is 0 Å². The number of carbonyl (C=O) groups excluding carboxylic acids is 2. The number of carbonyl (C=O) groups is 2. The summed E-state index contributed by atoms with van der Waals surface area (Å²) in [7, 11) is 0. The summed E-state index contributed by atoms with van der Waals surface area (Å²) in [6.07, 6.45) is 7.12. The summed E-state index contributed by atoms with van der Waals surface area (Å²) in [5.74, 6) is 0.176. The lowest BCUT2D eigenvalue weighted by molar-refractivity contribution is -0.115. The summed E-state index contributed by atoms with van der Waals surface area (Å²) >= 11 is 0. The standard InChI is InChI=1S/C30H30O2/c1-3-29(31)19-17-23-5-9-25(10-6-23)21-27-13-15-28(16-14-27)22-26-11-7-24(8-12-26)18-20-30(32)4-2/h3-16H,1-2,17-22H2. The van der Waals surface area contributed by atoms with Crippen molar-refractivity contribution < 1.29 is 9.59 Å². The maximum Gasteiger partial charge on any atom is 0.155 e. The number of ketones is 2. The first-order chi connectivity index (χ1) is 15.6. The molecule has 0 bridgehead atoms. The molecule has 0 saturated carbocycles. The lowest BCUT2D eigenvalue weighted by atomic mass is 9.98. The van der Waals surface area contributed by atoms with Gasteiger partial charge in [-0.2, -0.15) is 0 Å². The van der Waals surface area contributed by atoms with Crippen molar-refractivity contribution in [1.29, 1.82) is 0 Å². The Bertz CT molecular complexity index is 967. The molecule has 0 fully saturated rings. The lowest BCUT2D eigenvalue weighted by Crippen LogP contribution is -1.96. The fraction of sp³-hybridized carbons (Fsp3) is 0.200. The number of allylic oxidation sites excluding steroid dienone is 2. The van der Waals surface area contributed by atoms with E-state index in [-0.39, 0.29) is 11.6 Å². The molecule has 3 aromatic carbocycles. The van der Waals surface area contributed by atoms with E-state index in [0.717, 1.165) is 25.7 Å². The second-order valence-electron chi connectivity index (χ2n) is 8.14. The Labute approximate surface area is 191 Å². The normalized spacial score (nSPS) is 10.5. The topological polar surface area (TPSA) is 34.1 Å². The fourth-order valence-corrected chi connectivity index (χ4v) is 3.63. The van der Waals surface area contributed by atoms with Crippen LogP contribution in [0.15, 0.2) is 98.1 Å². The third-order valence-electron chi connectivity index (χ3n) is 5.66. The minimum absolute atomic E-state index is 0.0881. The first-order valence-electron chi connectivity index (χ1n) is 11.1. The molecule has 0 aliphatic heterocycles. The lowest BCUT2D eigenvalue weighted by Gasteiger charge is -2.07. The third kappa shape index (κ3) is 7.31. The predicted octanol–water partition coefficient (Wildman–Crippen LogP) is 6.24. The van der Waals surface area contributed by atoms with E-state index < -0.39 is 0 Å². The van der Waals surface area contributed by atoms with Gasteiger partial charge in [0.1, 0.15) is 0 Å². The average molecular weight is 423 g/mol. The van der Waals surface area contributed by atoms with E-state index in [2.05, 4.69) is 86.0 Å². The summed E-state index contributed by atoms with van der Waals surface area (Å²) in [5, 5.41) is 0. The van der Waals surface area contributed by atoms with Crippen LogP contribution in [0.5, 0.6) is 0 Å². The molecule has 0 spiro atoms. The second-order valence-corrected chi connectivity index (χ2v) is 8.14. The number of rotatable bonds is 12. The van der Waals surface area contributed by atoms with Gasteiger partial charge in [-0.15, -0.1) is 0 Å². The zero-order valence-corrected chi connectivity index (χ0v) is 18.6. The summed E-state index contributed by atoms with van der Waals surface area (Å²) in [6.45, 7) is 7.04. The monoisotopic (exact) mass is 422 g/mol. The maximum atomic E-state index is 11.4. The minimum Gasteiger partial charge on any atom is -0.295 e. The van der Waals surface area contributed by atoms with Crippen LogP contribution < -0.4 is 0 Å². The number of aryl methyl sites for hydroxylation is 2. The Morgan fingerprint density at radius 2 is 0.750 bits per heavy atom. The minimum atomic E-state index is 0.0881. The van der Waals surface area contributed by atoms with Crippen molar-refractivity contribution in [2.24, 2.45) is 0 Å². The van der Waals surface area contributed by atoms with Crippen molar-refractivity contribution in [2.45, 2.75) is 38.5 Å². The van der Waals surface area contributed by atoms with Crippen LogP contribution >= 0.6 is 0 Å². The molecule has 0 heterocycles. The zero-order valence-electron chi connectivity index (χ0n) is 18.6. The molecule has 3 rings (SSSR count). The summed E-state index contributed by atoms with van der Waals surface area (Å²) < 4.78 is 0. The van der Waals surface area contributed by atoms with Crippen LogP contribution in [0.3, 0.4) is 0 Å².